The van der Waals surface area contributed by atoms with E-state index in [0.717, 1.165) is 13.4 Å². The maximum absolute atomic E-state index is 9.94. The summed E-state index contributed by atoms with van der Waals surface area (Å²) >= 11 is 10.0. The van der Waals surface area contributed by atoms with Crippen molar-refractivity contribution in [2.75, 3.05) is 0 Å². The predicted octanol–water partition coefficient (Wildman–Crippen LogP) is 5.03. The van der Waals surface area contributed by atoms with E-state index in [9.17, 15) is 15.3 Å². The number of phenols is 3. The molecule has 0 amide bonds. The van der Waals surface area contributed by atoms with Crippen LogP contribution >= 0.6 is 47.8 Å². The molecule has 0 atom stereocenters. The van der Waals surface area contributed by atoms with Gasteiger partial charge in [0, 0.05) is 30.1 Å². The number of phenolic OH excluding ortho intramolecular Hbond substituents is 3. The molecular weight excluding hydrogens is 636 g/mol. The molecule has 0 aliphatic rings. The lowest BCUT2D eigenvalue weighted by molar-refractivity contribution is 0.474. The van der Waals surface area contributed by atoms with E-state index >= 15 is 0 Å². The minimum Gasteiger partial charge on any atom is -0.507 e. The molecule has 0 fully saturated rings. The Labute approximate surface area is 220 Å². The molecule has 9 nitrogen and oxygen atoms in total. The van der Waals surface area contributed by atoms with Crippen molar-refractivity contribution in [3.05, 3.63) is 84.7 Å². The first-order valence-corrected chi connectivity index (χ1v) is 11.8. The number of rotatable bonds is 6. The van der Waals surface area contributed by atoms with Gasteiger partial charge in [0.25, 0.3) is 5.96 Å². The lowest BCUT2D eigenvalue weighted by Gasteiger charge is -2.04. The van der Waals surface area contributed by atoms with Crippen molar-refractivity contribution >= 4 is 72.4 Å². The fourth-order valence-electron chi connectivity index (χ4n) is 2.43. The normalized spacial score (nSPS) is 11.4. The first-order valence-electron chi connectivity index (χ1n) is 9.46. The summed E-state index contributed by atoms with van der Waals surface area (Å²) in [5.41, 5.74) is 6.68. The Kier molecular flexibility index (Phi) is 9.19. The van der Waals surface area contributed by atoms with Crippen molar-refractivity contribution in [1.29, 1.82) is 0 Å². The molecule has 174 valence electrons. The predicted molar refractivity (Wildman–Crippen MR) is 144 cm³/mol. The molecule has 34 heavy (non-hydrogen) atoms. The Hall–Kier alpha value is -3.22. The summed E-state index contributed by atoms with van der Waals surface area (Å²) in [7, 11) is 0. The summed E-state index contributed by atoms with van der Waals surface area (Å²) in [5, 5.41) is 45.9. The van der Waals surface area contributed by atoms with Crippen LogP contribution in [0.1, 0.15) is 16.7 Å². The zero-order valence-electron chi connectivity index (χ0n) is 17.2. The molecule has 0 aliphatic heterocycles. The Morgan fingerprint density at radius 2 is 1.00 bits per heavy atom. The van der Waals surface area contributed by atoms with Gasteiger partial charge in [-0.2, -0.15) is 15.3 Å². The van der Waals surface area contributed by atoms with Gasteiger partial charge < -0.3 is 15.3 Å². The number of aromatic hydroxyl groups is 3. The van der Waals surface area contributed by atoms with E-state index in [1.54, 1.807) is 36.4 Å². The van der Waals surface area contributed by atoms with Crippen LogP contribution < -0.4 is 10.9 Å². The van der Waals surface area contributed by atoms with Gasteiger partial charge in [-0.3, -0.25) is 0 Å². The highest BCUT2D eigenvalue weighted by atomic mass is 79.9. The van der Waals surface area contributed by atoms with Crippen molar-refractivity contribution in [2.24, 2.45) is 20.4 Å². The van der Waals surface area contributed by atoms with Crippen LogP contribution in [0.15, 0.2) is 88.4 Å². The first-order chi connectivity index (χ1) is 16.3. The minimum absolute atomic E-state index is 0.0298. The van der Waals surface area contributed by atoms with Gasteiger partial charge in [-0.25, -0.2) is 10.9 Å². The van der Waals surface area contributed by atoms with Crippen LogP contribution in [0.3, 0.4) is 0 Å². The lowest BCUT2D eigenvalue weighted by atomic mass is 10.2. The number of benzene rings is 3. The molecule has 0 bridgehead atoms. The van der Waals surface area contributed by atoms with Crippen LogP contribution in [0, 0.1) is 0 Å². The molecular formula is C22H17Br3N6O3. The Morgan fingerprint density at radius 3 is 1.41 bits per heavy atom. The van der Waals surface area contributed by atoms with Gasteiger partial charge in [0.1, 0.15) is 17.2 Å². The average molecular weight is 653 g/mol. The number of hydrogen-bond donors (Lipinski definition) is 5. The van der Waals surface area contributed by atoms with E-state index in [4.69, 9.17) is 0 Å². The van der Waals surface area contributed by atoms with Crippen LogP contribution in [0.4, 0.5) is 0 Å². The Balaban J connectivity index is 1.80. The molecule has 0 aromatic heterocycles. The zero-order valence-corrected chi connectivity index (χ0v) is 22.0. The fourth-order valence-corrected chi connectivity index (χ4v) is 3.57. The number of nitrogens with zero attached hydrogens (tertiary/aromatic N) is 4. The van der Waals surface area contributed by atoms with E-state index in [1.165, 1.54) is 36.8 Å². The molecule has 5 N–H and O–H groups in total. The number of hydrazone groups is 2. The highest BCUT2D eigenvalue weighted by molar-refractivity contribution is 9.11. The van der Waals surface area contributed by atoms with Crippen LogP contribution in [0.25, 0.3) is 0 Å². The molecule has 12 heteroatoms. The molecule has 0 heterocycles. The monoisotopic (exact) mass is 650 g/mol. The maximum Gasteiger partial charge on any atom is 0.257 e. The van der Waals surface area contributed by atoms with Gasteiger partial charge in [0.2, 0.25) is 0 Å². The molecule has 0 saturated heterocycles. The number of nitrogens with one attached hydrogen (secondary N) is 2. The zero-order chi connectivity index (χ0) is 24.5. The molecule has 3 aromatic carbocycles. The third-order valence-corrected chi connectivity index (χ3v) is 5.55. The van der Waals surface area contributed by atoms with E-state index in [0.29, 0.717) is 16.7 Å². The Morgan fingerprint density at radius 1 is 0.618 bits per heavy atom. The second-order valence-corrected chi connectivity index (χ2v) is 9.29. The topological polar surface area (TPSA) is 134 Å². The largest absolute Gasteiger partial charge is 0.507 e. The first kappa shape index (κ1) is 25.4. The number of hydrogen-bond acceptors (Lipinski definition) is 7. The van der Waals surface area contributed by atoms with Crippen molar-refractivity contribution in [2.45, 2.75) is 0 Å². The van der Waals surface area contributed by atoms with Gasteiger partial charge in [-0.15, -0.1) is 5.10 Å². The van der Waals surface area contributed by atoms with E-state index in [2.05, 4.69) is 79.0 Å². The van der Waals surface area contributed by atoms with Crippen molar-refractivity contribution in [3.8, 4) is 17.2 Å². The highest BCUT2D eigenvalue weighted by Crippen LogP contribution is 2.21. The molecule has 0 radical (unpaired) electrons. The van der Waals surface area contributed by atoms with E-state index in [1.807, 2.05) is 0 Å². The molecule has 0 aliphatic carbocycles. The smallest absolute Gasteiger partial charge is 0.257 e. The van der Waals surface area contributed by atoms with Crippen LogP contribution in [0.5, 0.6) is 17.2 Å². The molecule has 3 rings (SSSR count). The van der Waals surface area contributed by atoms with Crippen molar-refractivity contribution in [3.63, 3.8) is 0 Å². The van der Waals surface area contributed by atoms with Crippen LogP contribution in [-0.2, 0) is 0 Å². The fraction of sp³-hybridized carbons (Fsp3) is 0. The second kappa shape index (κ2) is 12.3. The second-order valence-electron chi connectivity index (χ2n) is 6.54. The molecule has 0 saturated carbocycles. The van der Waals surface area contributed by atoms with Crippen LogP contribution in [-0.4, -0.2) is 39.9 Å². The molecule has 0 spiro atoms. The van der Waals surface area contributed by atoms with Gasteiger partial charge in [-0.1, -0.05) is 47.8 Å². The molecule has 3 aromatic rings. The van der Waals surface area contributed by atoms with Crippen molar-refractivity contribution in [1.82, 2.24) is 10.9 Å². The maximum atomic E-state index is 9.94. The third kappa shape index (κ3) is 7.68. The van der Waals surface area contributed by atoms with Gasteiger partial charge in [0.05, 0.1) is 18.6 Å². The van der Waals surface area contributed by atoms with Gasteiger partial charge in [-0.05, 0) is 54.6 Å². The quantitative estimate of drug-likeness (QED) is 0.145. The average Bonchev–Trinajstić information content (AvgIpc) is 2.80. The number of guanidine groups is 1. The van der Waals surface area contributed by atoms with E-state index < -0.39 is 0 Å². The summed E-state index contributed by atoms with van der Waals surface area (Å²) in [4.78, 5) is 0. The number of halogens is 3. The van der Waals surface area contributed by atoms with Crippen LogP contribution in [0.2, 0.25) is 0 Å². The molecule has 0 unspecified atom stereocenters. The van der Waals surface area contributed by atoms with Crippen molar-refractivity contribution < 1.29 is 15.3 Å². The summed E-state index contributed by atoms with van der Waals surface area (Å²) in [6, 6.07) is 14.7. The van der Waals surface area contributed by atoms with Gasteiger partial charge >= 0.3 is 0 Å². The summed E-state index contributed by atoms with van der Waals surface area (Å²) in [5.74, 6) is 0.163. The summed E-state index contributed by atoms with van der Waals surface area (Å²) < 4.78 is 2.32. The van der Waals surface area contributed by atoms with E-state index in [-0.39, 0.29) is 23.2 Å². The van der Waals surface area contributed by atoms with Gasteiger partial charge in [0.15, 0.2) is 0 Å². The SMILES string of the molecule is Oc1ccc(Br)cc1C=NN=C(NN=Cc1cc(Br)ccc1O)NN=Cc1cc(Br)ccc1O. The standard InChI is InChI=1S/C22H17Br3N6O3/c23-16-1-4-19(32)13(7-16)10-26-29-22(30-27-11-14-8-17(24)2-5-20(14)33)31-28-12-15-9-18(25)3-6-21(15)34/h1-12,32-34H,(H2,29,30,31). The summed E-state index contributed by atoms with van der Waals surface area (Å²) in [6.45, 7) is 0. The Bertz CT molecular complexity index is 1230. The lowest BCUT2D eigenvalue weighted by Crippen LogP contribution is -2.30. The summed E-state index contributed by atoms with van der Waals surface area (Å²) in [6.07, 6.45) is 4.15. The highest BCUT2D eigenvalue weighted by Gasteiger charge is 2.02. The third-order valence-electron chi connectivity index (χ3n) is 4.07. The minimum atomic E-state index is 0.0298.